The van der Waals surface area contributed by atoms with Crippen LogP contribution in [0.4, 0.5) is 0 Å². The zero-order chi connectivity index (χ0) is 5.98. The standard InChI is InChI=1S/C6H9NO/c1-5-2-6(8)4-7-3-5/h2,4-5,8H,3H2,1H3. The van der Waals surface area contributed by atoms with E-state index in [-0.39, 0.29) is 0 Å². The fraction of sp³-hybridized carbons (Fsp3) is 0.500. The first kappa shape index (κ1) is 5.35. The van der Waals surface area contributed by atoms with Crippen molar-refractivity contribution < 1.29 is 5.11 Å². The molecule has 0 fully saturated rings. The van der Waals surface area contributed by atoms with Crippen LogP contribution < -0.4 is 0 Å². The molecule has 1 N–H and O–H groups in total. The Bertz CT molecular complexity index is 137. The highest BCUT2D eigenvalue weighted by atomic mass is 16.3. The van der Waals surface area contributed by atoms with Crippen LogP contribution in [-0.2, 0) is 0 Å². The van der Waals surface area contributed by atoms with E-state index < -0.39 is 0 Å². The van der Waals surface area contributed by atoms with Crippen LogP contribution in [0, 0.1) is 5.92 Å². The maximum absolute atomic E-state index is 8.79. The Morgan fingerprint density at radius 1 is 1.88 bits per heavy atom. The summed E-state index contributed by atoms with van der Waals surface area (Å²) < 4.78 is 0. The topological polar surface area (TPSA) is 32.6 Å². The SMILES string of the molecule is CC1C=C(O)C=NC1. The van der Waals surface area contributed by atoms with Gasteiger partial charge >= 0.3 is 0 Å². The van der Waals surface area contributed by atoms with Crippen LogP contribution in [0.1, 0.15) is 6.92 Å². The molecule has 44 valence electrons. The van der Waals surface area contributed by atoms with E-state index in [2.05, 4.69) is 4.99 Å². The maximum Gasteiger partial charge on any atom is 0.129 e. The van der Waals surface area contributed by atoms with Gasteiger partial charge in [-0.3, -0.25) is 4.99 Å². The summed E-state index contributed by atoms with van der Waals surface area (Å²) in [5.74, 6) is 0.698. The van der Waals surface area contributed by atoms with E-state index in [0.29, 0.717) is 11.7 Å². The van der Waals surface area contributed by atoms with Crippen molar-refractivity contribution in [3.63, 3.8) is 0 Å². The van der Waals surface area contributed by atoms with Crippen LogP contribution in [0.15, 0.2) is 16.8 Å². The summed E-state index contributed by atoms with van der Waals surface area (Å²) in [5.41, 5.74) is 0. The third-order valence-electron chi connectivity index (χ3n) is 1.07. The number of hydrogen-bond donors (Lipinski definition) is 1. The summed E-state index contributed by atoms with van der Waals surface area (Å²) in [6.07, 6.45) is 3.28. The Balaban J connectivity index is 2.63. The molecule has 0 aliphatic carbocycles. The number of aliphatic hydroxyl groups is 1. The van der Waals surface area contributed by atoms with Crippen molar-refractivity contribution in [1.29, 1.82) is 0 Å². The number of nitrogens with zero attached hydrogens (tertiary/aromatic N) is 1. The molecule has 0 aromatic heterocycles. The quantitative estimate of drug-likeness (QED) is 0.499. The van der Waals surface area contributed by atoms with Gasteiger partial charge in [-0.05, 0) is 12.0 Å². The third kappa shape index (κ3) is 1.09. The molecule has 1 rings (SSSR count). The van der Waals surface area contributed by atoms with Crippen molar-refractivity contribution in [2.24, 2.45) is 10.9 Å². The first-order valence-corrected chi connectivity index (χ1v) is 2.69. The van der Waals surface area contributed by atoms with E-state index >= 15 is 0 Å². The molecule has 0 saturated heterocycles. The molecule has 0 bridgehead atoms. The molecule has 0 aromatic carbocycles. The summed E-state index contributed by atoms with van der Waals surface area (Å²) >= 11 is 0. The summed E-state index contributed by atoms with van der Waals surface area (Å²) in [5, 5.41) is 8.79. The van der Waals surface area contributed by atoms with Crippen LogP contribution >= 0.6 is 0 Å². The molecule has 0 spiro atoms. The predicted octanol–water partition coefficient (Wildman–Crippen LogP) is 1.15. The Labute approximate surface area is 48.6 Å². The van der Waals surface area contributed by atoms with Crippen molar-refractivity contribution in [2.75, 3.05) is 6.54 Å². The van der Waals surface area contributed by atoms with Gasteiger partial charge < -0.3 is 5.11 Å². The highest BCUT2D eigenvalue weighted by Gasteiger charge is 2.01. The second-order valence-electron chi connectivity index (χ2n) is 2.06. The fourth-order valence-electron chi connectivity index (χ4n) is 0.700. The fourth-order valence-corrected chi connectivity index (χ4v) is 0.700. The molecular weight excluding hydrogens is 102 g/mol. The minimum Gasteiger partial charge on any atom is -0.507 e. The van der Waals surface area contributed by atoms with Gasteiger partial charge in [0.25, 0.3) is 0 Å². The molecule has 1 atom stereocenters. The number of allylic oxidation sites excluding steroid dienone is 1. The van der Waals surface area contributed by atoms with Crippen LogP contribution in [0.5, 0.6) is 0 Å². The lowest BCUT2D eigenvalue weighted by Gasteiger charge is -2.05. The number of dihydropyridines is 1. The number of rotatable bonds is 0. The Kier molecular flexibility index (Phi) is 1.33. The summed E-state index contributed by atoms with van der Waals surface area (Å²) in [6.45, 7) is 2.83. The maximum atomic E-state index is 8.79. The molecule has 0 saturated carbocycles. The molecule has 0 radical (unpaired) electrons. The molecule has 1 heterocycles. The van der Waals surface area contributed by atoms with E-state index in [4.69, 9.17) is 5.11 Å². The molecule has 0 amide bonds. The van der Waals surface area contributed by atoms with Crippen LogP contribution in [0.3, 0.4) is 0 Å². The van der Waals surface area contributed by atoms with Crippen molar-refractivity contribution in [3.8, 4) is 0 Å². The van der Waals surface area contributed by atoms with Gasteiger partial charge in [-0.25, -0.2) is 0 Å². The summed E-state index contributed by atoms with van der Waals surface area (Å²) in [4.78, 5) is 3.90. The molecule has 2 nitrogen and oxygen atoms in total. The largest absolute Gasteiger partial charge is 0.507 e. The van der Waals surface area contributed by atoms with Crippen molar-refractivity contribution >= 4 is 6.21 Å². The Morgan fingerprint density at radius 3 is 3.00 bits per heavy atom. The average molecular weight is 111 g/mol. The first-order valence-electron chi connectivity index (χ1n) is 2.69. The van der Waals surface area contributed by atoms with E-state index in [1.165, 1.54) is 6.21 Å². The molecular formula is C6H9NO. The lowest BCUT2D eigenvalue weighted by molar-refractivity contribution is 0.434. The summed E-state index contributed by atoms with van der Waals surface area (Å²) in [6, 6.07) is 0. The van der Waals surface area contributed by atoms with Gasteiger partial charge in [0.1, 0.15) is 5.76 Å². The minimum absolute atomic E-state index is 0.295. The number of aliphatic imine (C=N–C) groups is 1. The third-order valence-corrected chi connectivity index (χ3v) is 1.07. The number of hydrogen-bond acceptors (Lipinski definition) is 2. The summed E-state index contributed by atoms with van der Waals surface area (Å²) in [7, 11) is 0. The molecule has 0 aromatic rings. The molecule has 1 aliphatic heterocycles. The van der Waals surface area contributed by atoms with Crippen LogP contribution in [0.2, 0.25) is 0 Å². The van der Waals surface area contributed by atoms with Gasteiger partial charge in [0.05, 0.1) is 6.21 Å². The van der Waals surface area contributed by atoms with Gasteiger partial charge in [-0.1, -0.05) is 6.92 Å². The highest BCUT2D eigenvalue weighted by molar-refractivity contribution is 5.76. The lowest BCUT2D eigenvalue weighted by atomic mass is 10.1. The zero-order valence-corrected chi connectivity index (χ0v) is 4.83. The van der Waals surface area contributed by atoms with Crippen LogP contribution in [-0.4, -0.2) is 17.9 Å². The van der Waals surface area contributed by atoms with Gasteiger partial charge in [-0.2, -0.15) is 0 Å². The van der Waals surface area contributed by atoms with Gasteiger partial charge in [-0.15, -0.1) is 0 Å². The normalized spacial score (nSPS) is 27.6. The lowest BCUT2D eigenvalue weighted by Crippen LogP contribution is -2.03. The second kappa shape index (κ2) is 1.99. The van der Waals surface area contributed by atoms with E-state index in [0.717, 1.165) is 6.54 Å². The average Bonchev–Trinajstić information content (AvgIpc) is 1.64. The Morgan fingerprint density at radius 2 is 2.62 bits per heavy atom. The second-order valence-corrected chi connectivity index (χ2v) is 2.06. The monoisotopic (exact) mass is 111 g/mol. The van der Waals surface area contributed by atoms with Crippen molar-refractivity contribution in [2.45, 2.75) is 6.92 Å². The van der Waals surface area contributed by atoms with Gasteiger partial charge in [0.15, 0.2) is 0 Å². The Hall–Kier alpha value is -0.790. The zero-order valence-electron chi connectivity index (χ0n) is 4.83. The smallest absolute Gasteiger partial charge is 0.129 e. The van der Waals surface area contributed by atoms with E-state index in [9.17, 15) is 0 Å². The van der Waals surface area contributed by atoms with E-state index in [1.807, 2.05) is 6.92 Å². The van der Waals surface area contributed by atoms with Gasteiger partial charge in [0.2, 0.25) is 0 Å². The molecule has 2 heteroatoms. The molecule has 1 aliphatic rings. The molecule has 1 unspecified atom stereocenters. The minimum atomic E-state index is 0.295. The number of aliphatic hydroxyl groups excluding tert-OH is 1. The van der Waals surface area contributed by atoms with Crippen molar-refractivity contribution in [3.05, 3.63) is 11.8 Å². The van der Waals surface area contributed by atoms with Crippen LogP contribution in [0.25, 0.3) is 0 Å². The predicted molar refractivity (Wildman–Crippen MR) is 33.2 cm³/mol. The van der Waals surface area contributed by atoms with Gasteiger partial charge in [0, 0.05) is 6.54 Å². The van der Waals surface area contributed by atoms with Crippen molar-refractivity contribution in [1.82, 2.24) is 0 Å². The first-order chi connectivity index (χ1) is 3.79. The van der Waals surface area contributed by atoms with E-state index in [1.54, 1.807) is 6.08 Å². The molecule has 8 heavy (non-hydrogen) atoms. The highest BCUT2D eigenvalue weighted by Crippen LogP contribution is 2.04.